The third-order valence-electron chi connectivity index (χ3n) is 2.50. The summed E-state index contributed by atoms with van der Waals surface area (Å²) in [4.78, 5) is 12.0. The zero-order chi connectivity index (χ0) is 13.8. The molecule has 1 N–H and O–H groups in total. The first-order chi connectivity index (χ1) is 9.10. The van der Waals surface area contributed by atoms with Crippen LogP contribution in [0.15, 0.2) is 42.5 Å². The topological polar surface area (TPSA) is 38.3 Å². The molecule has 0 unspecified atom stereocenters. The number of hydrogen-bond acceptors (Lipinski definition) is 2. The highest BCUT2D eigenvalue weighted by molar-refractivity contribution is 14.1. The molecule has 0 aliphatic carbocycles. The molecule has 0 heterocycles. The molecule has 5 heteroatoms. The van der Waals surface area contributed by atoms with Crippen LogP contribution in [0, 0.1) is 9.39 Å². The van der Waals surface area contributed by atoms with Gasteiger partial charge in [-0.1, -0.05) is 6.07 Å². The van der Waals surface area contributed by atoms with E-state index in [4.69, 9.17) is 4.74 Å². The van der Waals surface area contributed by atoms with E-state index in [0.717, 1.165) is 9.64 Å². The average Bonchev–Trinajstić information content (AvgIpc) is 2.38. The van der Waals surface area contributed by atoms with Gasteiger partial charge in [0.15, 0.2) is 11.6 Å². The number of benzene rings is 2. The smallest absolute Gasteiger partial charge is 0.255 e. The van der Waals surface area contributed by atoms with Crippen LogP contribution in [0.5, 0.6) is 5.75 Å². The van der Waals surface area contributed by atoms with E-state index in [-0.39, 0.29) is 17.2 Å². The van der Waals surface area contributed by atoms with Gasteiger partial charge in [0.05, 0.1) is 7.11 Å². The lowest BCUT2D eigenvalue weighted by molar-refractivity contribution is 0.102. The Hall–Kier alpha value is -1.63. The summed E-state index contributed by atoms with van der Waals surface area (Å²) >= 11 is 2.15. The first-order valence-electron chi connectivity index (χ1n) is 5.50. The summed E-state index contributed by atoms with van der Waals surface area (Å²) in [6.45, 7) is 0. The maximum absolute atomic E-state index is 13.5. The number of halogens is 2. The number of ether oxygens (including phenoxy) is 1. The van der Waals surface area contributed by atoms with E-state index < -0.39 is 5.82 Å². The van der Waals surface area contributed by atoms with Crippen LogP contribution >= 0.6 is 22.6 Å². The molecule has 0 aliphatic heterocycles. The molecular weight excluding hydrogens is 360 g/mol. The Morgan fingerprint density at radius 2 is 2.05 bits per heavy atom. The summed E-state index contributed by atoms with van der Waals surface area (Å²) in [5, 5.41) is 2.71. The largest absolute Gasteiger partial charge is 0.494 e. The van der Waals surface area contributed by atoms with Crippen molar-refractivity contribution in [3.63, 3.8) is 0 Å². The quantitative estimate of drug-likeness (QED) is 0.836. The Bertz CT molecular complexity index is 616. The van der Waals surface area contributed by atoms with E-state index in [1.54, 1.807) is 6.07 Å². The van der Waals surface area contributed by atoms with E-state index in [1.807, 2.05) is 18.2 Å². The van der Waals surface area contributed by atoms with Crippen molar-refractivity contribution in [2.75, 3.05) is 12.4 Å². The van der Waals surface area contributed by atoms with E-state index >= 15 is 0 Å². The predicted molar refractivity (Wildman–Crippen MR) is 80.1 cm³/mol. The van der Waals surface area contributed by atoms with Crippen molar-refractivity contribution in [2.45, 2.75) is 0 Å². The number of rotatable bonds is 3. The number of amides is 1. The van der Waals surface area contributed by atoms with Crippen molar-refractivity contribution in [1.29, 1.82) is 0 Å². The Morgan fingerprint density at radius 3 is 2.68 bits per heavy atom. The van der Waals surface area contributed by atoms with E-state index in [2.05, 4.69) is 27.9 Å². The lowest BCUT2D eigenvalue weighted by atomic mass is 10.2. The minimum atomic E-state index is -0.558. The molecule has 3 nitrogen and oxygen atoms in total. The number of nitrogens with one attached hydrogen (secondary N) is 1. The van der Waals surface area contributed by atoms with Crippen molar-refractivity contribution >= 4 is 34.2 Å². The van der Waals surface area contributed by atoms with Crippen LogP contribution in [-0.2, 0) is 0 Å². The van der Waals surface area contributed by atoms with Crippen LogP contribution in [0.4, 0.5) is 10.1 Å². The van der Waals surface area contributed by atoms with Gasteiger partial charge < -0.3 is 10.1 Å². The number of methoxy groups -OCH3 is 1. The highest BCUT2D eigenvalue weighted by Crippen LogP contribution is 2.19. The molecular formula is C14H11FINO2. The maximum Gasteiger partial charge on any atom is 0.255 e. The minimum absolute atomic E-state index is 0.116. The highest BCUT2D eigenvalue weighted by Gasteiger charge is 2.10. The molecule has 2 rings (SSSR count). The van der Waals surface area contributed by atoms with Gasteiger partial charge >= 0.3 is 0 Å². The third kappa shape index (κ3) is 3.44. The van der Waals surface area contributed by atoms with Gasteiger partial charge in [0.25, 0.3) is 5.91 Å². The van der Waals surface area contributed by atoms with Crippen LogP contribution in [0.25, 0.3) is 0 Å². The maximum atomic E-state index is 13.5. The fourth-order valence-electron chi connectivity index (χ4n) is 1.58. The molecule has 0 aliphatic rings. The van der Waals surface area contributed by atoms with E-state index in [1.165, 1.54) is 19.2 Å². The molecule has 0 aromatic heterocycles. The molecule has 19 heavy (non-hydrogen) atoms. The number of anilines is 1. The Balaban J connectivity index is 2.18. The van der Waals surface area contributed by atoms with Gasteiger partial charge in [-0.25, -0.2) is 4.39 Å². The van der Waals surface area contributed by atoms with Crippen LogP contribution in [0.2, 0.25) is 0 Å². The van der Waals surface area contributed by atoms with Crippen LogP contribution in [0.3, 0.4) is 0 Å². The molecule has 0 radical (unpaired) electrons. The van der Waals surface area contributed by atoms with Gasteiger partial charge in [0, 0.05) is 14.8 Å². The summed E-state index contributed by atoms with van der Waals surface area (Å²) in [6, 6.07) is 11.5. The zero-order valence-corrected chi connectivity index (χ0v) is 12.3. The Kier molecular flexibility index (Phi) is 4.36. The Morgan fingerprint density at radius 1 is 1.26 bits per heavy atom. The molecule has 0 spiro atoms. The first-order valence-corrected chi connectivity index (χ1v) is 6.58. The van der Waals surface area contributed by atoms with Crippen molar-refractivity contribution in [1.82, 2.24) is 0 Å². The fourth-order valence-corrected chi connectivity index (χ4v) is 2.12. The summed E-state index contributed by atoms with van der Waals surface area (Å²) in [6.07, 6.45) is 0. The first kappa shape index (κ1) is 13.8. The molecule has 0 bridgehead atoms. The van der Waals surface area contributed by atoms with E-state index in [9.17, 15) is 9.18 Å². The third-order valence-corrected chi connectivity index (χ3v) is 3.17. The molecule has 1 amide bonds. The normalized spacial score (nSPS) is 10.1. The lowest BCUT2D eigenvalue weighted by Gasteiger charge is -2.07. The monoisotopic (exact) mass is 371 g/mol. The number of carbonyl (C=O) groups excluding carboxylic acids is 1. The predicted octanol–water partition coefficient (Wildman–Crippen LogP) is 3.69. The van der Waals surface area contributed by atoms with Gasteiger partial charge in [-0.15, -0.1) is 0 Å². The average molecular weight is 371 g/mol. The Labute approximate surface area is 123 Å². The number of hydrogen-bond donors (Lipinski definition) is 1. The molecule has 2 aromatic carbocycles. The zero-order valence-electron chi connectivity index (χ0n) is 10.1. The van der Waals surface area contributed by atoms with Crippen LogP contribution in [0.1, 0.15) is 10.4 Å². The molecule has 0 saturated heterocycles. The summed E-state index contributed by atoms with van der Waals surface area (Å²) < 4.78 is 19.3. The highest BCUT2D eigenvalue weighted by atomic mass is 127. The molecule has 98 valence electrons. The summed E-state index contributed by atoms with van der Waals surface area (Å²) in [5.41, 5.74) is 0.922. The standard InChI is InChI=1S/C14H11FINO2/c1-19-13-6-5-9(7-12(13)15)14(18)17-11-4-2-3-10(16)8-11/h2-8H,1H3,(H,17,18). The summed E-state index contributed by atoms with van der Waals surface area (Å²) in [5.74, 6) is -0.799. The van der Waals surface area contributed by atoms with Gasteiger partial charge in [-0.3, -0.25) is 4.79 Å². The number of carbonyl (C=O) groups is 1. The molecule has 0 saturated carbocycles. The van der Waals surface area contributed by atoms with Crippen LogP contribution < -0.4 is 10.1 Å². The van der Waals surface area contributed by atoms with Gasteiger partial charge in [-0.05, 0) is 59.0 Å². The second-order valence-corrected chi connectivity index (χ2v) is 5.06. The second-order valence-electron chi connectivity index (χ2n) is 3.81. The van der Waals surface area contributed by atoms with Crippen LogP contribution in [-0.4, -0.2) is 13.0 Å². The lowest BCUT2D eigenvalue weighted by Crippen LogP contribution is -2.12. The van der Waals surface area contributed by atoms with Gasteiger partial charge in [-0.2, -0.15) is 0 Å². The van der Waals surface area contributed by atoms with Gasteiger partial charge in [0.2, 0.25) is 0 Å². The minimum Gasteiger partial charge on any atom is -0.494 e. The van der Waals surface area contributed by atoms with E-state index in [0.29, 0.717) is 5.69 Å². The molecule has 0 atom stereocenters. The molecule has 0 fully saturated rings. The van der Waals surface area contributed by atoms with Crippen molar-refractivity contribution < 1.29 is 13.9 Å². The second kappa shape index (κ2) is 6.01. The SMILES string of the molecule is COc1ccc(C(=O)Nc2cccc(I)c2)cc1F. The van der Waals surface area contributed by atoms with Crippen molar-refractivity contribution in [2.24, 2.45) is 0 Å². The van der Waals surface area contributed by atoms with Crippen molar-refractivity contribution in [3.8, 4) is 5.75 Å². The fraction of sp³-hybridized carbons (Fsp3) is 0.0714. The molecule has 2 aromatic rings. The summed E-state index contributed by atoms with van der Waals surface area (Å²) in [7, 11) is 1.38. The van der Waals surface area contributed by atoms with Gasteiger partial charge in [0.1, 0.15) is 0 Å². The van der Waals surface area contributed by atoms with Crippen molar-refractivity contribution in [3.05, 3.63) is 57.4 Å².